The van der Waals surface area contributed by atoms with Crippen LogP contribution < -0.4 is 15.2 Å². The average Bonchev–Trinajstić information content (AvgIpc) is 3.39. The number of rotatable bonds is 2. The number of aromatic carboxylic acids is 1. The molecule has 0 atom stereocenters. The number of nitrogens with one attached hydrogen (secondary N) is 1. The number of likely N-dealkylation sites (tertiary alicyclic amines) is 1. The van der Waals surface area contributed by atoms with E-state index in [0.29, 0.717) is 41.0 Å². The van der Waals surface area contributed by atoms with E-state index < -0.39 is 5.97 Å². The van der Waals surface area contributed by atoms with Gasteiger partial charge in [0.15, 0.2) is 11.5 Å². The second-order valence-electron chi connectivity index (χ2n) is 7.67. The third-order valence-corrected chi connectivity index (χ3v) is 5.54. The molecule has 0 radical (unpaired) electrons. The third kappa shape index (κ3) is 4.75. The van der Waals surface area contributed by atoms with E-state index in [1.807, 2.05) is 4.90 Å². The minimum atomic E-state index is -0.965. The Kier molecular flexibility index (Phi) is 6.41. The molecule has 2 aliphatic heterocycles. The summed E-state index contributed by atoms with van der Waals surface area (Å²) in [6.45, 7) is 2.78. The Bertz CT molecular complexity index is 1150. The number of nitrogen functional groups attached to an aromatic ring is 1. The molecule has 1 aromatic heterocycles. The first-order chi connectivity index (χ1) is 15.4. The van der Waals surface area contributed by atoms with Crippen molar-refractivity contribution in [2.75, 3.05) is 32.0 Å². The number of nitrogens with zero attached hydrogens (tertiary/aromatic N) is 1. The van der Waals surface area contributed by atoms with Crippen LogP contribution in [0.1, 0.15) is 40.1 Å². The van der Waals surface area contributed by atoms with Gasteiger partial charge >= 0.3 is 5.97 Å². The van der Waals surface area contributed by atoms with E-state index >= 15 is 0 Å². The molecule has 2 aliphatic rings. The van der Waals surface area contributed by atoms with Gasteiger partial charge in [-0.05, 0) is 43.2 Å². The van der Waals surface area contributed by atoms with Gasteiger partial charge in [0, 0.05) is 47.2 Å². The minimum Gasteiger partial charge on any atom is -0.489 e. The van der Waals surface area contributed by atoms with Crippen molar-refractivity contribution in [2.45, 2.75) is 19.3 Å². The van der Waals surface area contributed by atoms with E-state index in [9.17, 15) is 9.59 Å². The molecule has 0 saturated carbocycles. The summed E-state index contributed by atoms with van der Waals surface area (Å²) in [5, 5.41) is 10.1. The lowest BCUT2D eigenvalue weighted by Gasteiger charge is -2.19. The van der Waals surface area contributed by atoms with Crippen LogP contribution in [0.2, 0.25) is 5.02 Å². The number of amides is 1. The summed E-state index contributed by atoms with van der Waals surface area (Å²) in [5.41, 5.74) is 7.88. The standard InChI is InChI=1S/C14H18N2O3.C9H6ClNO2/c15-10-8-11(14(17)16-4-1-2-5-16)13-12(9-10)18-6-3-7-19-13;10-6-1-2-7-5(3-6)4-8(11-7)9(12)13/h8-9H,1-7,15H2;1-4,11H,(H,12,13). The Morgan fingerprint density at radius 1 is 1.03 bits per heavy atom. The van der Waals surface area contributed by atoms with Crippen LogP contribution in [0, 0.1) is 0 Å². The smallest absolute Gasteiger partial charge is 0.352 e. The Morgan fingerprint density at radius 2 is 1.78 bits per heavy atom. The zero-order chi connectivity index (χ0) is 22.7. The predicted molar refractivity (Wildman–Crippen MR) is 122 cm³/mol. The van der Waals surface area contributed by atoms with Crippen LogP contribution in [0.25, 0.3) is 10.9 Å². The van der Waals surface area contributed by atoms with Crippen LogP contribution in [-0.4, -0.2) is 53.2 Å². The number of carbonyl (C=O) groups excluding carboxylic acids is 1. The summed E-state index contributed by atoms with van der Waals surface area (Å²) >= 11 is 5.75. The number of carboxylic acid groups (broad SMARTS) is 1. The fourth-order valence-corrected chi connectivity index (χ4v) is 3.94. The van der Waals surface area contributed by atoms with E-state index in [2.05, 4.69) is 4.98 Å². The minimum absolute atomic E-state index is 0.00782. The van der Waals surface area contributed by atoms with Crippen LogP contribution in [0.5, 0.6) is 11.5 Å². The third-order valence-electron chi connectivity index (χ3n) is 5.31. The Morgan fingerprint density at radius 3 is 2.53 bits per heavy atom. The maximum absolute atomic E-state index is 12.5. The monoisotopic (exact) mass is 457 g/mol. The van der Waals surface area contributed by atoms with Gasteiger partial charge in [0.1, 0.15) is 5.69 Å². The number of carboxylic acids is 1. The molecule has 0 spiro atoms. The zero-order valence-corrected chi connectivity index (χ0v) is 18.2. The number of ether oxygens (including phenoxy) is 2. The second kappa shape index (κ2) is 9.40. The van der Waals surface area contributed by atoms with Gasteiger partial charge in [-0.3, -0.25) is 4.79 Å². The molecule has 1 saturated heterocycles. The highest BCUT2D eigenvalue weighted by atomic mass is 35.5. The van der Waals surface area contributed by atoms with E-state index in [0.717, 1.165) is 43.3 Å². The number of benzene rings is 2. The average molecular weight is 458 g/mol. The molecule has 4 N–H and O–H groups in total. The highest BCUT2D eigenvalue weighted by Crippen LogP contribution is 2.36. The van der Waals surface area contributed by atoms with Crippen molar-refractivity contribution >= 4 is 40.1 Å². The number of anilines is 1. The predicted octanol–water partition coefficient (Wildman–Crippen LogP) is 4.19. The van der Waals surface area contributed by atoms with Gasteiger partial charge in [-0.25, -0.2) is 4.79 Å². The number of hydrogen-bond donors (Lipinski definition) is 3. The molecule has 168 valence electrons. The Labute approximate surface area is 189 Å². The number of fused-ring (bicyclic) bond motifs is 2. The number of aromatic amines is 1. The normalized spacial score (nSPS) is 15.1. The second-order valence-corrected chi connectivity index (χ2v) is 8.10. The van der Waals surface area contributed by atoms with Crippen LogP contribution >= 0.6 is 11.6 Å². The number of halogens is 1. The summed E-state index contributed by atoms with van der Waals surface area (Å²) in [5.74, 6) is 0.155. The van der Waals surface area contributed by atoms with Crippen molar-refractivity contribution in [1.29, 1.82) is 0 Å². The number of hydrogen-bond acceptors (Lipinski definition) is 5. The summed E-state index contributed by atoms with van der Waals surface area (Å²) in [7, 11) is 0. The van der Waals surface area contributed by atoms with Crippen LogP contribution in [0.3, 0.4) is 0 Å². The van der Waals surface area contributed by atoms with Crippen molar-refractivity contribution in [3.63, 3.8) is 0 Å². The fourth-order valence-electron chi connectivity index (χ4n) is 3.76. The van der Waals surface area contributed by atoms with Gasteiger partial charge < -0.3 is 30.2 Å². The van der Waals surface area contributed by atoms with Crippen LogP contribution in [-0.2, 0) is 0 Å². The topological polar surface area (TPSA) is 118 Å². The van der Waals surface area contributed by atoms with Crippen molar-refractivity contribution in [3.8, 4) is 11.5 Å². The lowest BCUT2D eigenvalue weighted by Crippen LogP contribution is -2.28. The van der Waals surface area contributed by atoms with E-state index in [-0.39, 0.29) is 11.6 Å². The maximum Gasteiger partial charge on any atom is 0.352 e. The van der Waals surface area contributed by atoms with Crippen LogP contribution in [0.15, 0.2) is 36.4 Å². The molecule has 32 heavy (non-hydrogen) atoms. The highest BCUT2D eigenvalue weighted by molar-refractivity contribution is 6.31. The van der Waals surface area contributed by atoms with Crippen molar-refractivity contribution < 1.29 is 24.2 Å². The molecule has 8 nitrogen and oxygen atoms in total. The van der Waals surface area contributed by atoms with Crippen molar-refractivity contribution in [2.24, 2.45) is 0 Å². The molecular formula is C23H24ClN3O5. The molecule has 0 unspecified atom stereocenters. The maximum atomic E-state index is 12.5. The first-order valence-electron chi connectivity index (χ1n) is 10.4. The van der Waals surface area contributed by atoms with Crippen molar-refractivity contribution in [1.82, 2.24) is 9.88 Å². The SMILES string of the molecule is Nc1cc2c(c(C(=O)N3CCCC3)c1)OCCCO2.O=C(O)c1cc2cc(Cl)ccc2[nH]1. The first-order valence-corrected chi connectivity index (χ1v) is 10.8. The van der Waals surface area contributed by atoms with Gasteiger partial charge in [-0.15, -0.1) is 0 Å². The molecule has 1 amide bonds. The van der Waals surface area contributed by atoms with Gasteiger partial charge in [-0.1, -0.05) is 11.6 Å². The lowest BCUT2D eigenvalue weighted by molar-refractivity contribution is 0.0690. The molecule has 0 bridgehead atoms. The fraction of sp³-hybridized carbons (Fsp3) is 0.304. The van der Waals surface area contributed by atoms with Crippen LogP contribution in [0.4, 0.5) is 5.69 Å². The van der Waals surface area contributed by atoms with Crippen molar-refractivity contribution in [3.05, 3.63) is 52.7 Å². The molecular weight excluding hydrogens is 434 g/mol. The quantitative estimate of drug-likeness (QED) is 0.497. The Hall–Kier alpha value is -3.39. The summed E-state index contributed by atoms with van der Waals surface area (Å²) < 4.78 is 11.3. The number of aromatic nitrogens is 1. The van der Waals surface area contributed by atoms with Gasteiger partial charge in [0.2, 0.25) is 0 Å². The molecule has 1 fully saturated rings. The van der Waals surface area contributed by atoms with Gasteiger partial charge in [-0.2, -0.15) is 0 Å². The van der Waals surface area contributed by atoms with Gasteiger partial charge in [0.05, 0.1) is 18.8 Å². The summed E-state index contributed by atoms with van der Waals surface area (Å²) in [6, 6.07) is 10.2. The molecule has 9 heteroatoms. The van der Waals surface area contributed by atoms with E-state index in [4.69, 9.17) is 31.9 Å². The number of nitrogens with two attached hydrogens (primary N) is 1. The number of H-pyrrole nitrogens is 1. The summed E-state index contributed by atoms with van der Waals surface area (Å²) in [6.07, 6.45) is 2.94. The van der Waals surface area contributed by atoms with E-state index in [1.165, 1.54) is 0 Å². The molecule has 3 heterocycles. The number of carbonyl (C=O) groups is 2. The largest absolute Gasteiger partial charge is 0.489 e. The molecule has 3 aromatic rings. The molecule has 0 aliphatic carbocycles. The zero-order valence-electron chi connectivity index (χ0n) is 17.4. The lowest BCUT2D eigenvalue weighted by atomic mass is 10.1. The first kappa shape index (κ1) is 21.8. The Balaban J connectivity index is 0.000000165. The van der Waals surface area contributed by atoms with Gasteiger partial charge in [0.25, 0.3) is 5.91 Å². The molecule has 2 aromatic carbocycles. The van der Waals surface area contributed by atoms with E-state index in [1.54, 1.807) is 36.4 Å². The highest BCUT2D eigenvalue weighted by Gasteiger charge is 2.26. The summed E-state index contributed by atoms with van der Waals surface area (Å²) in [4.78, 5) is 27.7. The molecule has 5 rings (SSSR count).